The fraction of sp³-hybridized carbons (Fsp3) is 0.300. The maximum absolute atomic E-state index is 13.4. The van der Waals surface area contributed by atoms with Gasteiger partial charge in [-0.15, -0.1) is 0 Å². The van der Waals surface area contributed by atoms with Crippen LogP contribution in [0.25, 0.3) is 0 Å². The molecule has 20 heavy (non-hydrogen) atoms. The Morgan fingerprint density at radius 2 is 2.00 bits per heavy atom. The van der Waals surface area contributed by atoms with Gasteiger partial charge in [-0.2, -0.15) is 13.2 Å². The van der Waals surface area contributed by atoms with Crippen LogP contribution in [0.3, 0.4) is 0 Å². The Bertz CT molecular complexity index is 497. The van der Waals surface area contributed by atoms with Crippen molar-refractivity contribution in [3.63, 3.8) is 0 Å². The standard InChI is InChI=1S/C10H9ClF5N3O/c11-6-1-4(12)2-7(13)8(6)18-3-5(9(17)19-20)10(14,15)16/h1-2,5,18,20H,3H2,(H2,17,19). The first-order chi connectivity index (χ1) is 9.16. The molecule has 0 saturated carbocycles. The topological polar surface area (TPSA) is 70.6 Å². The Morgan fingerprint density at radius 3 is 2.45 bits per heavy atom. The molecule has 0 aromatic heterocycles. The number of nitrogens with one attached hydrogen (secondary N) is 1. The molecule has 1 aromatic rings. The molecule has 0 aliphatic heterocycles. The maximum Gasteiger partial charge on any atom is 0.400 e. The predicted molar refractivity (Wildman–Crippen MR) is 62.8 cm³/mol. The maximum atomic E-state index is 13.4. The second kappa shape index (κ2) is 6.12. The monoisotopic (exact) mass is 317 g/mol. The molecule has 1 atom stereocenters. The zero-order valence-corrected chi connectivity index (χ0v) is 10.4. The third-order valence-electron chi connectivity index (χ3n) is 2.36. The number of halogens is 6. The summed E-state index contributed by atoms with van der Waals surface area (Å²) in [5.41, 5.74) is 4.41. The van der Waals surface area contributed by atoms with Gasteiger partial charge in [-0.05, 0) is 6.07 Å². The first-order valence-corrected chi connectivity index (χ1v) is 5.47. The molecule has 1 unspecified atom stereocenters. The quantitative estimate of drug-likeness (QED) is 0.263. The Kier molecular flexibility index (Phi) is 4.98. The van der Waals surface area contributed by atoms with E-state index in [1.165, 1.54) is 0 Å². The predicted octanol–water partition coefficient (Wildman–Crippen LogP) is 2.96. The van der Waals surface area contributed by atoms with Crippen molar-refractivity contribution < 1.29 is 27.2 Å². The molecule has 0 radical (unpaired) electrons. The molecule has 0 bridgehead atoms. The number of anilines is 1. The van der Waals surface area contributed by atoms with Crippen LogP contribution in [0.2, 0.25) is 5.02 Å². The normalized spacial score (nSPS) is 14.2. The Hall–Kier alpha value is -1.77. The van der Waals surface area contributed by atoms with Crippen LogP contribution < -0.4 is 11.1 Å². The van der Waals surface area contributed by atoms with E-state index in [1.54, 1.807) is 0 Å². The van der Waals surface area contributed by atoms with Crippen molar-refractivity contribution in [3.05, 3.63) is 28.8 Å². The van der Waals surface area contributed by atoms with Crippen LogP contribution in [-0.4, -0.2) is 23.8 Å². The van der Waals surface area contributed by atoms with Gasteiger partial charge < -0.3 is 16.3 Å². The van der Waals surface area contributed by atoms with Crippen LogP contribution in [0.4, 0.5) is 27.6 Å². The average molecular weight is 318 g/mol. The first kappa shape index (κ1) is 16.3. The molecule has 0 aliphatic carbocycles. The van der Waals surface area contributed by atoms with E-state index >= 15 is 0 Å². The van der Waals surface area contributed by atoms with Gasteiger partial charge in [-0.1, -0.05) is 16.8 Å². The Balaban J connectivity index is 2.95. The van der Waals surface area contributed by atoms with Crippen molar-refractivity contribution in [2.24, 2.45) is 16.8 Å². The van der Waals surface area contributed by atoms with Crippen LogP contribution >= 0.6 is 11.6 Å². The van der Waals surface area contributed by atoms with Gasteiger partial charge in [0.05, 0.1) is 10.7 Å². The van der Waals surface area contributed by atoms with E-state index in [-0.39, 0.29) is 0 Å². The summed E-state index contributed by atoms with van der Waals surface area (Å²) in [5, 5.41) is 12.2. The summed E-state index contributed by atoms with van der Waals surface area (Å²) in [7, 11) is 0. The molecule has 0 spiro atoms. The molecule has 0 aliphatic rings. The molecule has 4 N–H and O–H groups in total. The molecule has 0 heterocycles. The fourth-order valence-electron chi connectivity index (χ4n) is 1.37. The van der Waals surface area contributed by atoms with Crippen LogP contribution in [0.5, 0.6) is 0 Å². The van der Waals surface area contributed by atoms with Gasteiger partial charge in [0.2, 0.25) is 0 Å². The number of hydrogen-bond acceptors (Lipinski definition) is 3. The third kappa shape index (κ3) is 3.86. The summed E-state index contributed by atoms with van der Waals surface area (Å²) in [6, 6.07) is 1.19. The summed E-state index contributed by atoms with van der Waals surface area (Å²) >= 11 is 5.51. The first-order valence-electron chi connectivity index (χ1n) is 5.09. The van der Waals surface area contributed by atoms with Crippen molar-refractivity contribution in [2.75, 3.05) is 11.9 Å². The zero-order chi connectivity index (χ0) is 15.5. The zero-order valence-electron chi connectivity index (χ0n) is 9.68. The van der Waals surface area contributed by atoms with E-state index in [9.17, 15) is 22.0 Å². The molecule has 0 saturated heterocycles. The summed E-state index contributed by atoms with van der Waals surface area (Å²) in [6.45, 7) is -0.929. The number of nitrogens with zero attached hydrogens (tertiary/aromatic N) is 1. The van der Waals surface area contributed by atoms with Gasteiger partial charge in [0.15, 0.2) is 11.7 Å². The van der Waals surface area contributed by atoms with Gasteiger partial charge in [-0.25, -0.2) is 8.78 Å². The molecule has 10 heteroatoms. The lowest BCUT2D eigenvalue weighted by Crippen LogP contribution is -2.40. The Morgan fingerprint density at radius 1 is 1.40 bits per heavy atom. The van der Waals surface area contributed by atoms with Crippen molar-refractivity contribution in [2.45, 2.75) is 6.18 Å². The summed E-state index contributed by atoms with van der Waals surface area (Å²) in [5.74, 6) is -5.58. The molecule has 0 amide bonds. The van der Waals surface area contributed by atoms with Crippen molar-refractivity contribution in [1.82, 2.24) is 0 Å². The SMILES string of the molecule is NC(=NO)C(CNc1c(F)cc(F)cc1Cl)C(F)(F)F. The number of hydrogen-bond donors (Lipinski definition) is 3. The number of rotatable bonds is 4. The minimum Gasteiger partial charge on any atom is -0.409 e. The van der Waals surface area contributed by atoms with Gasteiger partial charge in [0, 0.05) is 12.6 Å². The van der Waals surface area contributed by atoms with E-state index in [0.717, 1.165) is 6.07 Å². The number of oxime groups is 1. The van der Waals surface area contributed by atoms with Gasteiger partial charge in [0.1, 0.15) is 11.7 Å². The highest BCUT2D eigenvalue weighted by Crippen LogP contribution is 2.30. The largest absolute Gasteiger partial charge is 0.409 e. The van der Waals surface area contributed by atoms with Gasteiger partial charge in [0.25, 0.3) is 0 Å². The summed E-state index contributed by atoms with van der Waals surface area (Å²) < 4.78 is 64.0. The van der Waals surface area contributed by atoms with Crippen molar-refractivity contribution in [3.8, 4) is 0 Å². The van der Waals surface area contributed by atoms with Crippen molar-refractivity contribution in [1.29, 1.82) is 0 Å². The number of alkyl halides is 3. The molecule has 4 nitrogen and oxygen atoms in total. The van der Waals surface area contributed by atoms with Crippen LogP contribution in [-0.2, 0) is 0 Å². The Labute approximate surface area is 115 Å². The molecular formula is C10H9ClF5N3O. The van der Waals surface area contributed by atoms with Gasteiger partial charge >= 0.3 is 6.18 Å². The third-order valence-corrected chi connectivity index (χ3v) is 2.66. The molecule has 1 aromatic carbocycles. The number of amidine groups is 1. The highest BCUT2D eigenvalue weighted by molar-refractivity contribution is 6.33. The van der Waals surface area contributed by atoms with Crippen LogP contribution in [0, 0.1) is 17.6 Å². The minimum atomic E-state index is -4.81. The van der Waals surface area contributed by atoms with E-state index in [4.69, 9.17) is 22.5 Å². The lowest BCUT2D eigenvalue weighted by molar-refractivity contribution is -0.152. The number of nitrogens with two attached hydrogens (primary N) is 1. The summed E-state index contributed by atoms with van der Waals surface area (Å²) in [4.78, 5) is 0. The van der Waals surface area contributed by atoms with Crippen LogP contribution in [0.1, 0.15) is 0 Å². The lowest BCUT2D eigenvalue weighted by Gasteiger charge is -2.20. The smallest absolute Gasteiger partial charge is 0.400 e. The molecular weight excluding hydrogens is 309 g/mol. The fourth-order valence-corrected chi connectivity index (χ4v) is 1.63. The van der Waals surface area contributed by atoms with E-state index in [0.29, 0.717) is 6.07 Å². The van der Waals surface area contributed by atoms with Crippen molar-refractivity contribution >= 4 is 23.1 Å². The van der Waals surface area contributed by atoms with E-state index in [2.05, 4.69) is 10.5 Å². The van der Waals surface area contributed by atoms with E-state index < -0.39 is 46.8 Å². The highest BCUT2D eigenvalue weighted by Gasteiger charge is 2.42. The molecule has 1 rings (SSSR count). The van der Waals surface area contributed by atoms with Gasteiger partial charge in [-0.3, -0.25) is 0 Å². The lowest BCUT2D eigenvalue weighted by atomic mass is 10.1. The van der Waals surface area contributed by atoms with E-state index in [1.807, 2.05) is 0 Å². The molecule has 112 valence electrons. The minimum absolute atomic E-state index is 0.428. The second-order valence-corrected chi connectivity index (χ2v) is 4.15. The summed E-state index contributed by atoms with van der Waals surface area (Å²) in [6.07, 6.45) is -4.81. The molecule has 0 fully saturated rings. The highest BCUT2D eigenvalue weighted by atomic mass is 35.5. The average Bonchev–Trinajstić information content (AvgIpc) is 2.30. The van der Waals surface area contributed by atoms with Crippen LogP contribution in [0.15, 0.2) is 17.3 Å². The second-order valence-electron chi connectivity index (χ2n) is 3.74. The number of benzene rings is 1.